The van der Waals surface area contributed by atoms with E-state index in [0.29, 0.717) is 5.78 Å². The van der Waals surface area contributed by atoms with Crippen LogP contribution < -0.4 is 5.32 Å². The van der Waals surface area contributed by atoms with Crippen LogP contribution in [0.25, 0.3) is 0 Å². The van der Waals surface area contributed by atoms with Gasteiger partial charge in [-0.2, -0.15) is 0 Å². The van der Waals surface area contributed by atoms with Crippen LogP contribution in [0.2, 0.25) is 0 Å². The fraction of sp³-hybridized carbons (Fsp3) is 0.889. The van der Waals surface area contributed by atoms with Crippen LogP contribution in [-0.4, -0.2) is 18.4 Å². The molecule has 1 atom stereocenters. The highest BCUT2D eigenvalue weighted by atomic mass is 16.1. The van der Waals surface area contributed by atoms with Gasteiger partial charge in [0, 0.05) is 6.42 Å². The van der Waals surface area contributed by atoms with Crippen molar-refractivity contribution in [2.75, 3.05) is 6.54 Å². The molecule has 1 heterocycles. The maximum Gasteiger partial charge on any atom is 0.149 e. The Balaban J connectivity index is 2.39. The van der Waals surface area contributed by atoms with Crippen LogP contribution in [0.15, 0.2) is 0 Å². The Morgan fingerprint density at radius 3 is 3.09 bits per heavy atom. The number of nitrogens with one attached hydrogen (secondary N) is 1. The van der Waals surface area contributed by atoms with Crippen molar-refractivity contribution in [3.8, 4) is 0 Å². The molecule has 1 N–H and O–H groups in total. The summed E-state index contributed by atoms with van der Waals surface area (Å²) in [5.41, 5.74) is 0. The standard InChI is InChI=1S/C9H17NO/c1-2-5-8-9(11)6-3-4-7-10-8/h8,10H,2-7H2,1H3. The van der Waals surface area contributed by atoms with Gasteiger partial charge in [-0.25, -0.2) is 0 Å². The van der Waals surface area contributed by atoms with E-state index >= 15 is 0 Å². The lowest BCUT2D eigenvalue weighted by Crippen LogP contribution is -2.34. The minimum absolute atomic E-state index is 0.169. The van der Waals surface area contributed by atoms with E-state index in [0.717, 1.165) is 38.6 Å². The van der Waals surface area contributed by atoms with Gasteiger partial charge in [0.1, 0.15) is 5.78 Å². The number of carbonyl (C=O) groups excluding carboxylic acids is 1. The zero-order valence-electron chi connectivity index (χ0n) is 7.23. The summed E-state index contributed by atoms with van der Waals surface area (Å²) < 4.78 is 0. The Morgan fingerprint density at radius 1 is 1.55 bits per heavy atom. The predicted octanol–water partition coefficient (Wildman–Crippen LogP) is 1.50. The van der Waals surface area contributed by atoms with Crippen molar-refractivity contribution in [2.45, 2.75) is 45.1 Å². The van der Waals surface area contributed by atoms with Gasteiger partial charge in [0.2, 0.25) is 0 Å². The van der Waals surface area contributed by atoms with E-state index in [2.05, 4.69) is 12.2 Å². The molecule has 0 radical (unpaired) electrons. The van der Waals surface area contributed by atoms with Crippen molar-refractivity contribution in [3.63, 3.8) is 0 Å². The zero-order valence-corrected chi connectivity index (χ0v) is 7.23. The summed E-state index contributed by atoms with van der Waals surface area (Å²) in [6, 6.07) is 0.169. The highest BCUT2D eigenvalue weighted by Gasteiger charge is 2.18. The van der Waals surface area contributed by atoms with Crippen LogP contribution in [0.3, 0.4) is 0 Å². The van der Waals surface area contributed by atoms with E-state index in [-0.39, 0.29) is 6.04 Å². The predicted molar refractivity (Wildman–Crippen MR) is 45.6 cm³/mol. The molecule has 0 bridgehead atoms. The van der Waals surface area contributed by atoms with Gasteiger partial charge < -0.3 is 5.32 Å². The number of hydrogen-bond acceptors (Lipinski definition) is 2. The van der Waals surface area contributed by atoms with Crippen molar-refractivity contribution in [3.05, 3.63) is 0 Å². The Bertz CT molecular complexity index is 134. The molecule has 1 aliphatic rings. The molecule has 0 amide bonds. The SMILES string of the molecule is CCCC1NCCCCC1=O. The highest BCUT2D eigenvalue weighted by Crippen LogP contribution is 2.08. The third-order valence-corrected chi connectivity index (χ3v) is 2.21. The number of Topliss-reactive ketones (excluding diaryl/α,β-unsaturated/α-hetero) is 1. The van der Waals surface area contributed by atoms with Gasteiger partial charge in [0.25, 0.3) is 0 Å². The second-order valence-corrected chi connectivity index (χ2v) is 3.22. The topological polar surface area (TPSA) is 29.1 Å². The quantitative estimate of drug-likeness (QED) is 0.654. The summed E-state index contributed by atoms with van der Waals surface area (Å²) in [5.74, 6) is 0.421. The Labute approximate surface area is 68.4 Å². The zero-order chi connectivity index (χ0) is 8.10. The third kappa shape index (κ3) is 2.62. The van der Waals surface area contributed by atoms with Crippen LogP contribution in [-0.2, 0) is 4.79 Å². The summed E-state index contributed by atoms with van der Waals surface area (Å²) in [5, 5.41) is 3.28. The first kappa shape index (κ1) is 8.72. The minimum atomic E-state index is 0.169. The van der Waals surface area contributed by atoms with E-state index in [1.165, 1.54) is 0 Å². The molecule has 1 aliphatic heterocycles. The fourth-order valence-electron chi connectivity index (χ4n) is 1.54. The van der Waals surface area contributed by atoms with Crippen LogP contribution in [0, 0.1) is 0 Å². The van der Waals surface area contributed by atoms with E-state index in [9.17, 15) is 4.79 Å². The molecule has 0 aromatic heterocycles. The first-order valence-electron chi connectivity index (χ1n) is 4.60. The molecular weight excluding hydrogens is 138 g/mol. The Kier molecular flexibility index (Phi) is 3.57. The van der Waals surface area contributed by atoms with Gasteiger partial charge >= 0.3 is 0 Å². The largest absolute Gasteiger partial charge is 0.307 e. The van der Waals surface area contributed by atoms with Crippen molar-refractivity contribution in [1.29, 1.82) is 0 Å². The lowest BCUT2D eigenvalue weighted by Gasteiger charge is -2.12. The van der Waals surface area contributed by atoms with E-state index < -0.39 is 0 Å². The highest BCUT2D eigenvalue weighted by molar-refractivity contribution is 5.84. The van der Waals surface area contributed by atoms with E-state index in [1.54, 1.807) is 0 Å². The maximum atomic E-state index is 11.3. The average molecular weight is 155 g/mol. The average Bonchev–Trinajstić information content (AvgIpc) is 2.18. The second-order valence-electron chi connectivity index (χ2n) is 3.22. The first-order chi connectivity index (χ1) is 5.34. The maximum absolute atomic E-state index is 11.3. The molecule has 1 saturated heterocycles. The normalized spacial score (nSPS) is 26.6. The number of hydrogen-bond donors (Lipinski definition) is 1. The molecule has 0 saturated carbocycles. The molecule has 0 aliphatic carbocycles. The summed E-state index contributed by atoms with van der Waals surface area (Å²) in [6.45, 7) is 3.15. The van der Waals surface area contributed by atoms with Gasteiger partial charge in [-0.1, -0.05) is 13.3 Å². The molecule has 0 spiro atoms. The van der Waals surface area contributed by atoms with E-state index in [1.807, 2.05) is 0 Å². The summed E-state index contributed by atoms with van der Waals surface area (Å²) in [7, 11) is 0. The second kappa shape index (κ2) is 4.50. The number of rotatable bonds is 2. The van der Waals surface area contributed by atoms with Crippen molar-refractivity contribution < 1.29 is 4.79 Å². The van der Waals surface area contributed by atoms with Gasteiger partial charge in [-0.3, -0.25) is 4.79 Å². The molecule has 11 heavy (non-hydrogen) atoms. The number of carbonyl (C=O) groups is 1. The molecule has 1 unspecified atom stereocenters. The van der Waals surface area contributed by atoms with Crippen molar-refractivity contribution in [2.24, 2.45) is 0 Å². The summed E-state index contributed by atoms with van der Waals surface area (Å²) >= 11 is 0. The molecule has 2 nitrogen and oxygen atoms in total. The van der Waals surface area contributed by atoms with Crippen LogP contribution in [0.4, 0.5) is 0 Å². The number of ketones is 1. The van der Waals surface area contributed by atoms with Crippen LogP contribution >= 0.6 is 0 Å². The van der Waals surface area contributed by atoms with Gasteiger partial charge in [0.15, 0.2) is 0 Å². The van der Waals surface area contributed by atoms with Crippen molar-refractivity contribution in [1.82, 2.24) is 5.32 Å². The lowest BCUT2D eigenvalue weighted by atomic mass is 10.1. The minimum Gasteiger partial charge on any atom is -0.307 e. The summed E-state index contributed by atoms with van der Waals surface area (Å²) in [6.07, 6.45) is 5.14. The van der Waals surface area contributed by atoms with Gasteiger partial charge in [-0.15, -0.1) is 0 Å². The van der Waals surface area contributed by atoms with Crippen LogP contribution in [0.5, 0.6) is 0 Å². The molecule has 0 aromatic rings. The van der Waals surface area contributed by atoms with Crippen molar-refractivity contribution >= 4 is 5.78 Å². The molecule has 1 rings (SSSR count). The fourth-order valence-corrected chi connectivity index (χ4v) is 1.54. The molecule has 0 aromatic carbocycles. The summed E-state index contributed by atoms with van der Waals surface area (Å²) in [4.78, 5) is 11.3. The molecule has 1 fully saturated rings. The molecule has 64 valence electrons. The smallest absolute Gasteiger partial charge is 0.149 e. The van der Waals surface area contributed by atoms with E-state index in [4.69, 9.17) is 0 Å². The Morgan fingerprint density at radius 2 is 2.36 bits per heavy atom. The molecular formula is C9H17NO. The lowest BCUT2D eigenvalue weighted by molar-refractivity contribution is -0.120. The third-order valence-electron chi connectivity index (χ3n) is 2.21. The van der Waals surface area contributed by atoms with Gasteiger partial charge in [0.05, 0.1) is 6.04 Å². The van der Waals surface area contributed by atoms with Gasteiger partial charge in [-0.05, 0) is 25.8 Å². The molecule has 2 heteroatoms. The van der Waals surface area contributed by atoms with Crippen LogP contribution in [0.1, 0.15) is 39.0 Å². The monoisotopic (exact) mass is 155 g/mol. The Hall–Kier alpha value is -0.370. The first-order valence-corrected chi connectivity index (χ1v) is 4.60.